The van der Waals surface area contributed by atoms with E-state index >= 15 is 0 Å². The molecule has 0 aromatic carbocycles. The molecular weight excluding hydrogens is 124 g/mol. The zero-order chi connectivity index (χ0) is 7.40. The van der Waals surface area contributed by atoms with Gasteiger partial charge in [-0.1, -0.05) is 30.4 Å². The van der Waals surface area contributed by atoms with Crippen molar-refractivity contribution in [1.82, 2.24) is 0 Å². The lowest BCUT2D eigenvalue weighted by Gasteiger charge is -1.96. The van der Waals surface area contributed by atoms with E-state index in [9.17, 15) is 4.79 Å². The first-order valence-electron chi connectivity index (χ1n) is 3.30. The normalized spacial score (nSPS) is 15.0. The van der Waals surface area contributed by atoms with E-state index in [-0.39, 0.29) is 0 Å². The predicted molar refractivity (Wildman–Crippen MR) is 41.7 cm³/mol. The molecule has 0 N–H and O–H groups in total. The fourth-order valence-electron chi connectivity index (χ4n) is 0.956. The largest absolute Gasteiger partial charge is 0.298 e. The van der Waals surface area contributed by atoms with Crippen LogP contribution >= 0.6 is 0 Å². The molecule has 0 unspecified atom stereocenters. The molecule has 10 heavy (non-hydrogen) atoms. The van der Waals surface area contributed by atoms with Gasteiger partial charge in [0, 0.05) is 0 Å². The standard InChI is InChI=1S/C9H10O/c1-8(7-10)6-9-4-2-3-5-9/h2-4,7H,1,5-6H2. The lowest BCUT2D eigenvalue weighted by atomic mass is 10.1. The summed E-state index contributed by atoms with van der Waals surface area (Å²) in [5.74, 6) is 0. The van der Waals surface area contributed by atoms with Crippen LogP contribution in [0.15, 0.2) is 36.0 Å². The monoisotopic (exact) mass is 134 g/mol. The Morgan fingerprint density at radius 2 is 2.60 bits per heavy atom. The molecule has 0 aromatic heterocycles. The van der Waals surface area contributed by atoms with Gasteiger partial charge in [-0.15, -0.1) is 0 Å². The molecule has 1 nitrogen and oxygen atoms in total. The SMILES string of the molecule is C=C(C=O)CC1=CC=CC1. The molecule has 1 aliphatic rings. The van der Waals surface area contributed by atoms with Crippen LogP contribution in [0.2, 0.25) is 0 Å². The summed E-state index contributed by atoms with van der Waals surface area (Å²) in [5, 5.41) is 0. The maximum atomic E-state index is 10.1. The van der Waals surface area contributed by atoms with E-state index in [0.29, 0.717) is 5.57 Å². The van der Waals surface area contributed by atoms with Gasteiger partial charge in [0.05, 0.1) is 0 Å². The van der Waals surface area contributed by atoms with Crippen molar-refractivity contribution in [2.24, 2.45) is 0 Å². The summed E-state index contributed by atoms with van der Waals surface area (Å²) in [4.78, 5) is 10.1. The third-order valence-corrected chi connectivity index (χ3v) is 1.47. The minimum Gasteiger partial charge on any atom is -0.298 e. The molecule has 52 valence electrons. The highest BCUT2D eigenvalue weighted by atomic mass is 16.1. The van der Waals surface area contributed by atoms with Crippen LogP contribution in [0.3, 0.4) is 0 Å². The fourth-order valence-corrected chi connectivity index (χ4v) is 0.956. The molecule has 0 fully saturated rings. The highest BCUT2D eigenvalue weighted by Crippen LogP contribution is 2.16. The van der Waals surface area contributed by atoms with Crippen molar-refractivity contribution >= 4 is 6.29 Å². The summed E-state index contributed by atoms with van der Waals surface area (Å²) in [6.45, 7) is 3.60. The molecule has 0 radical (unpaired) electrons. The Bertz CT molecular complexity index is 209. The zero-order valence-electron chi connectivity index (χ0n) is 5.84. The van der Waals surface area contributed by atoms with Gasteiger partial charge in [-0.3, -0.25) is 4.79 Å². The topological polar surface area (TPSA) is 17.1 Å². The van der Waals surface area contributed by atoms with Gasteiger partial charge in [0.25, 0.3) is 0 Å². The van der Waals surface area contributed by atoms with Crippen LogP contribution in [-0.2, 0) is 4.79 Å². The van der Waals surface area contributed by atoms with Crippen molar-refractivity contribution in [2.45, 2.75) is 12.8 Å². The maximum absolute atomic E-state index is 10.1. The van der Waals surface area contributed by atoms with E-state index < -0.39 is 0 Å². The first-order chi connectivity index (χ1) is 4.83. The summed E-state index contributed by atoms with van der Waals surface area (Å²) >= 11 is 0. The summed E-state index contributed by atoms with van der Waals surface area (Å²) in [7, 11) is 0. The Kier molecular flexibility index (Phi) is 2.21. The number of allylic oxidation sites excluding steroid dienone is 5. The third-order valence-electron chi connectivity index (χ3n) is 1.47. The van der Waals surface area contributed by atoms with Crippen LogP contribution in [0, 0.1) is 0 Å². The van der Waals surface area contributed by atoms with Crippen LogP contribution in [0.5, 0.6) is 0 Å². The predicted octanol–water partition coefficient (Wildman–Crippen LogP) is 2.02. The average molecular weight is 134 g/mol. The van der Waals surface area contributed by atoms with Crippen LogP contribution in [0.25, 0.3) is 0 Å². The molecule has 1 aliphatic carbocycles. The summed E-state index contributed by atoms with van der Waals surface area (Å²) < 4.78 is 0. The Balaban J connectivity index is 2.40. The number of rotatable bonds is 3. The minimum absolute atomic E-state index is 0.662. The average Bonchev–Trinajstić information content (AvgIpc) is 2.40. The molecule has 1 heteroatoms. The summed E-state index contributed by atoms with van der Waals surface area (Å²) in [6.07, 6.45) is 8.65. The molecule has 0 heterocycles. The van der Waals surface area contributed by atoms with Crippen molar-refractivity contribution in [2.75, 3.05) is 0 Å². The van der Waals surface area contributed by atoms with Crippen molar-refractivity contribution in [3.8, 4) is 0 Å². The second-order valence-corrected chi connectivity index (χ2v) is 2.41. The Labute approximate surface area is 60.7 Å². The first kappa shape index (κ1) is 7.00. The van der Waals surface area contributed by atoms with Crippen LogP contribution < -0.4 is 0 Å². The quantitative estimate of drug-likeness (QED) is 0.426. The lowest BCUT2D eigenvalue weighted by molar-refractivity contribution is -0.104. The molecular formula is C9H10O. The van der Waals surface area contributed by atoms with E-state index in [4.69, 9.17) is 0 Å². The smallest absolute Gasteiger partial charge is 0.145 e. The molecule has 0 aliphatic heterocycles. The number of aldehydes is 1. The fraction of sp³-hybridized carbons (Fsp3) is 0.222. The minimum atomic E-state index is 0.662. The van der Waals surface area contributed by atoms with Gasteiger partial charge in [-0.25, -0.2) is 0 Å². The third kappa shape index (κ3) is 1.69. The molecule has 0 amide bonds. The van der Waals surface area contributed by atoms with Crippen LogP contribution in [0.1, 0.15) is 12.8 Å². The van der Waals surface area contributed by atoms with Crippen molar-refractivity contribution in [3.63, 3.8) is 0 Å². The number of carbonyl (C=O) groups excluding carboxylic acids is 1. The van der Waals surface area contributed by atoms with Crippen molar-refractivity contribution in [1.29, 1.82) is 0 Å². The van der Waals surface area contributed by atoms with E-state index in [1.165, 1.54) is 5.57 Å². The van der Waals surface area contributed by atoms with Gasteiger partial charge in [-0.05, 0) is 18.4 Å². The van der Waals surface area contributed by atoms with Gasteiger partial charge in [0.15, 0.2) is 0 Å². The number of hydrogen-bond acceptors (Lipinski definition) is 1. The Morgan fingerprint density at radius 1 is 1.80 bits per heavy atom. The summed E-state index contributed by atoms with van der Waals surface area (Å²) in [5.41, 5.74) is 1.94. The number of carbonyl (C=O) groups is 1. The molecule has 0 saturated carbocycles. The molecule has 0 bridgehead atoms. The Morgan fingerprint density at radius 3 is 3.10 bits per heavy atom. The Hall–Kier alpha value is -1.11. The van der Waals surface area contributed by atoms with Gasteiger partial charge in [0.2, 0.25) is 0 Å². The second-order valence-electron chi connectivity index (χ2n) is 2.41. The second kappa shape index (κ2) is 3.16. The van der Waals surface area contributed by atoms with Gasteiger partial charge in [-0.2, -0.15) is 0 Å². The molecule has 0 aromatic rings. The maximum Gasteiger partial charge on any atom is 0.145 e. The van der Waals surface area contributed by atoms with E-state index in [0.717, 1.165) is 19.1 Å². The van der Waals surface area contributed by atoms with Crippen molar-refractivity contribution < 1.29 is 4.79 Å². The zero-order valence-corrected chi connectivity index (χ0v) is 5.84. The van der Waals surface area contributed by atoms with Gasteiger partial charge >= 0.3 is 0 Å². The van der Waals surface area contributed by atoms with E-state index in [1.54, 1.807) is 0 Å². The summed E-state index contributed by atoms with van der Waals surface area (Å²) in [6, 6.07) is 0. The molecule has 0 spiro atoms. The van der Waals surface area contributed by atoms with Gasteiger partial charge < -0.3 is 0 Å². The molecule has 0 saturated heterocycles. The van der Waals surface area contributed by atoms with E-state index in [2.05, 4.69) is 12.7 Å². The van der Waals surface area contributed by atoms with Gasteiger partial charge in [0.1, 0.15) is 6.29 Å². The molecule has 0 atom stereocenters. The number of hydrogen-bond donors (Lipinski definition) is 0. The van der Waals surface area contributed by atoms with E-state index in [1.807, 2.05) is 12.2 Å². The van der Waals surface area contributed by atoms with Crippen molar-refractivity contribution in [3.05, 3.63) is 36.0 Å². The van der Waals surface area contributed by atoms with Crippen LogP contribution in [-0.4, -0.2) is 6.29 Å². The first-order valence-corrected chi connectivity index (χ1v) is 3.30. The van der Waals surface area contributed by atoms with Crippen LogP contribution in [0.4, 0.5) is 0 Å². The molecule has 1 rings (SSSR count). The lowest BCUT2D eigenvalue weighted by Crippen LogP contribution is -1.84. The highest BCUT2D eigenvalue weighted by molar-refractivity contribution is 5.72. The highest BCUT2D eigenvalue weighted by Gasteiger charge is 2.00.